The summed E-state index contributed by atoms with van der Waals surface area (Å²) in [6, 6.07) is 1.46. The van der Waals surface area contributed by atoms with Crippen molar-refractivity contribution in [1.82, 2.24) is 0 Å². The molecule has 1 rings (SSSR count). The van der Waals surface area contributed by atoms with E-state index in [9.17, 15) is 18.0 Å². The highest BCUT2D eigenvalue weighted by molar-refractivity contribution is 5.33. The van der Waals surface area contributed by atoms with Crippen molar-refractivity contribution in [3.63, 3.8) is 0 Å². The van der Waals surface area contributed by atoms with Gasteiger partial charge in [-0.3, -0.25) is 0 Å². The third-order valence-corrected chi connectivity index (χ3v) is 1.13. The third-order valence-electron chi connectivity index (χ3n) is 1.13. The van der Waals surface area contributed by atoms with E-state index in [1.807, 2.05) is 0 Å². The molecule has 2 N–H and O–H groups in total. The zero-order chi connectivity index (χ0) is 9.35. The summed E-state index contributed by atoms with van der Waals surface area (Å²) in [5.41, 5.74) is 3.44. The maximum absolute atomic E-state index is 11.8. The van der Waals surface area contributed by atoms with Crippen LogP contribution in [0, 0.1) is 0 Å². The Hall–Kier alpha value is -1.46. The average Bonchev–Trinajstić information content (AvgIpc) is 1.92. The summed E-state index contributed by atoms with van der Waals surface area (Å²) in [6.07, 6.45) is -4.65. The number of anilines is 1. The Morgan fingerprint density at radius 1 is 1.33 bits per heavy atom. The van der Waals surface area contributed by atoms with Crippen LogP contribution in [0.1, 0.15) is 5.76 Å². The van der Waals surface area contributed by atoms with Gasteiger partial charge >= 0.3 is 11.8 Å². The molecular formula is C6H4F3NO2. The molecule has 0 saturated carbocycles. The van der Waals surface area contributed by atoms with Gasteiger partial charge in [-0.15, -0.1) is 0 Å². The van der Waals surface area contributed by atoms with E-state index in [1.165, 1.54) is 0 Å². The summed E-state index contributed by atoms with van der Waals surface area (Å²) in [5, 5.41) is 0. The molecule has 1 aromatic heterocycles. The second kappa shape index (κ2) is 2.54. The van der Waals surface area contributed by atoms with Crippen LogP contribution in [0.3, 0.4) is 0 Å². The van der Waals surface area contributed by atoms with E-state index in [0.717, 1.165) is 6.07 Å². The molecule has 12 heavy (non-hydrogen) atoms. The molecule has 0 fully saturated rings. The van der Waals surface area contributed by atoms with Gasteiger partial charge in [-0.1, -0.05) is 0 Å². The monoisotopic (exact) mass is 179 g/mol. The maximum Gasteiger partial charge on any atom is 0.449 e. The number of halogens is 3. The summed E-state index contributed by atoms with van der Waals surface area (Å²) in [5.74, 6) is -1.35. The smallest absolute Gasteiger partial charge is 0.417 e. The summed E-state index contributed by atoms with van der Waals surface area (Å²) in [7, 11) is 0. The van der Waals surface area contributed by atoms with E-state index in [4.69, 9.17) is 5.73 Å². The first kappa shape index (κ1) is 8.63. The Morgan fingerprint density at radius 3 is 2.33 bits per heavy atom. The van der Waals surface area contributed by atoms with Gasteiger partial charge < -0.3 is 10.2 Å². The average molecular weight is 179 g/mol. The van der Waals surface area contributed by atoms with Crippen molar-refractivity contribution < 1.29 is 17.6 Å². The molecule has 66 valence electrons. The molecule has 1 heterocycles. The van der Waals surface area contributed by atoms with Crippen LogP contribution in [0.15, 0.2) is 21.3 Å². The van der Waals surface area contributed by atoms with Gasteiger partial charge in [-0.2, -0.15) is 13.2 Å². The number of hydrogen-bond donors (Lipinski definition) is 1. The van der Waals surface area contributed by atoms with E-state index < -0.39 is 17.6 Å². The summed E-state index contributed by atoms with van der Waals surface area (Å²) in [6.45, 7) is 0. The SMILES string of the molecule is Nc1ccc(C(F)(F)F)oc1=O. The van der Waals surface area contributed by atoms with E-state index >= 15 is 0 Å². The molecule has 0 spiro atoms. The Labute approximate surface area is 64.6 Å². The Bertz CT molecular complexity index is 341. The molecule has 0 amide bonds. The summed E-state index contributed by atoms with van der Waals surface area (Å²) >= 11 is 0. The van der Waals surface area contributed by atoms with Gasteiger partial charge in [0, 0.05) is 0 Å². The molecule has 0 aliphatic carbocycles. The highest BCUT2D eigenvalue weighted by Gasteiger charge is 2.34. The first-order valence-corrected chi connectivity index (χ1v) is 2.88. The highest BCUT2D eigenvalue weighted by Crippen LogP contribution is 2.28. The van der Waals surface area contributed by atoms with Gasteiger partial charge in [0.05, 0.1) is 0 Å². The van der Waals surface area contributed by atoms with Crippen LogP contribution in [0.4, 0.5) is 18.9 Å². The van der Waals surface area contributed by atoms with Crippen LogP contribution >= 0.6 is 0 Å². The van der Waals surface area contributed by atoms with E-state index in [0.29, 0.717) is 6.07 Å². The molecular weight excluding hydrogens is 175 g/mol. The number of hydrogen-bond acceptors (Lipinski definition) is 3. The van der Waals surface area contributed by atoms with E-state index in [-0.39, 0.29) is 5.69 Å². The number of rotatable bonds is 0. The summed E-state index contributed by atoms with van der Waals surface area (Å²) in [4.78, 5) is 10.5. The Balaban J connectivity index is 3.23. The second-order valence-electron chi connectivity index (χ2n) is 2.04. The van der Waals surface area contributed by atoms with Crippen molar-refractivity contribution in [2.24, 2.45) is 0 Å². The molecule has 6 heteroatoms. The van der Waals surface area contributed by atoms with Crippen LogP contribution in [0.5, 0.6) is 0 Å². The lowest BCUT2D eigenvalue weighted by Crippen LogP contribution is -2.12. The maximum atomic E-state index is 11.8. The van der Waals surface area contributed by atoms with Gasteiger partial charge in [-0.25, -0.2) is 4.79 Å². The van der Waals surface area contributed by atoms with Crippen LogP contribution in [-0.4, -0.2) is 0 Å². The Morgan fingerprint density at radius 2 is 1.92 bits per heavy atom. The third kappa shape index (κ3) is 1.58. The van der Waals surface area contributed by atoms with Gasteiger partial charge in [0.1, 0.15) is 5.69 Å². The topological polar surface area (TPSA) is 56.2 Å². The molecule has 0 unspecified atom stereocenters. The standard InChI is InChI=1S/C6H4F3NO2/c7-6(8,9)4-2-1-3(10)5(11)12-4/h1-2H,10H2. The largest absolute Gasteiger partial charge is 0.449 e. The fourth-order valence-electron chi connectivity index (χ4n) is 0.579. The first-order chi connectivity index (χ1) is 5.41. The molecule has 0 aliphatic heterocycles. The molecule has 0 aliphatic rings. The van der Waals surface area contributed by atoms with Crippen molar-refractivity contribution >= 4 is 5.69 Å². The predicted octanol–water partition coefficient (Wildman–Crippen LogP) is 1.24. The normalized spacial score (nSPS) is 11.6. The van der Waals surface area contributed by atoms with Crippen LogP contribution in [0.2, 0.25) is 0 Å². The van der Waals surface area contributed by atoms with Crippen molar-refractivity contribution in [2.45, 2.75) is 6.18 Å². The van der Waals surface area contributed by atoms with Crippen LogP contribution in [0.25, 0.3) is 0 Å². The lowest BCUT2D eigenvalue weighted by atomic mass is 10.3. The fourth-order valence-corrected chi connectivity index (χ4v) is 0.579. The van der Waals surface area contributed by atoms with Gasteiger partial charge in [-0.05, 0) is 12.1 Å². The van der Waals surface area contributed by atoms with Crippen molar-refractivity contribution in [3.8, 4) is 0 Å². The number of nitrogen functional groups attached to an aromatic ring is 1. The lowest BCUT2D eigenvalue weighted by molar-refractivity contribution is -0.154. The fraction of sp³-hybridized carbons (Fsp3) is 0.167. The summed E-state index contributed by atoms with van der Waals surface area (Å²) < 4.78 is 39.3. The zero-order valence-electron chi connectivity index (χ0n) is 5.68. The minimum absolute atomic E-state index is 0.344. The van der Waals surface area contributed by atoms with Crippen LogP contribution < -0.4 is 11.4 Å². The second-order valence-corrected chi connectivity index (χ2v) is 2.04. The van der Waals surface area contributed by atoms with E-state index in [2.05, 4.69) is 4.42 Å². The molecule has 0 radical (unpaired) electrons. The van der Waals surface area contributed by atoms with Crippen molar-refractivity contribution in [2.75, 3.05) is 5.73 Å². The molecule has 0 aromatic carbocycles. The highest BCUT2D eigenvalue weighted by atomic mass is 19.4. The zero-order valence-corrected chi connectivity index (χ0v) is 5.68. The number of alkyl halides is 3. The van der Waals surface area contributed by atoms with Gasteiger partial charge in [0.15, 0.2) is 0 Å². The molecule has 0 bridgehead atoms. The minimum atomic E-state index is -4.65. The minimum Gasteiger partial charge on any atom is -0.417 e. The molecule has 3 nitrogen and oxygen atoms in total. The quantitative estimate of drug-likeness (QED) is 0.651. The van der Waals surface area contributed by atoms with E-state index in [1.54, 1.807) is 0 Å². The number of nitrogens with two attached hydrogens (primary N) is 1. The molecule has 1 aromatic rings. The first-order valence-electron chi connectivity index (χ1n) is 2.88. The molecule has 0 atom stereocenters. The lowest BCUT2D eigenvalue weighted by Gasteiger charge is -2.03. The van der Waals surface area contributed by atoms with Gasteiger partial charge in [0.25, 0.3) is 0 Å². The van der Waals surface area contributed by atoms with Crippen molar-refractivity contribution in [1.29, 1.82) is 0 Å². The van der Waals surface area contributed by atoms with Crippen molar-refractivity contribution in [3.05, 3.63) is 28.3 Å². The van der Waals surface area contributed by atoms with Crippen LogP contribution in [-0.2, 0) is 6.18 Å². The Kier molecular flexibility index (Phi) is 1.83. The predicted molar refractivity (Wildman–Crippen MR) is 34.4 cm³/mol. The van der Waals surface area contributed by atoms with Gasteiger partial charge in [0.2, 0.25) is 5.76 Å². The molecule has 0 saturated heterocycles.